The average molecular weight is 194 g/mol. The summed E-state index contributed by atoms with van der Waals surface area (Å²) in [5, 5.41) is 0. The molecule has 3 heteroatoms. The van der Waals surface area contributed by atoms with Crippen molar-refractivity contribution >= 4 is 17.2 Å². The van der Waals surface area contributed by atoms with Crippen LogP contribution < -0.4 is 5.73 Å². The Labute approximate surface area is 84.2 Å². The Balaban J connectivity index is 2.45. The van der Waals surface area contributed by atoms with Gasteiger partial charge in [-0.05, 0) is 24.5 Å². The number of rotatable bonds is 4. The molecule has 0 bridgehead atoms. The van der Waals surface area contributed by atoms with Crippen molar-refractivity contribution in [2.45, 2.75) is 19.8 Å². The van der Waals surface area contributed by atoms with E-state index in [1.54, 1.807) is 0 Å². The highest BCUT2D eigenvalue weighted by atomic mass is 32.1. The minimum absolute atomic E-state index is 0.479. The lowest BCUT2D eigenvalue weighted by Crippen LogP contribution is -2.14. The monoisotopic (exact) mass is 194 g/mol. The molecule has 1 aromatic rings. The van der Waals surface area contributed by atoms with E-state index >= 15 is 0 Å². The van der Waals surface area contributed by atoms with Crippen molar-refractivity contribution in [3.05, 3.63) is 30.1 Å². The second-order valence-electron chi connectivity index (χ2n) is 3.30. The van der Waals surface area contributed by atoms with E-state index in [-0.39, 0.29) is 0 Å². The van der Waals surface area contributed by atoms with E-state index in [2.05, 4.69) is 11.9 Å². The third-order valence-corrected chi connectivity index (χ3v) is 2.00. The van der Waals surface area contributed by atoms with Crippen LogP contribution in [0.5, 0.6) is 0 Å². The number of aromatic nitrogens is 1. The van der Waals surface area contributed by atoms with Crippen molar-refractivity contribution in [3.8, 4) is 0 Å². The molecule has 13 heavy (non-hydrogen) atoms. The van der Waals surface area contributed by atoms with Gasteiger partial charge < -0.3 is 5.73 Å². The van der Waals surface area contributed by atoms with Crippen molar-refractivity contribution < 1.29 is 0 Å². The average Bonchev–Trinajstić information content (AvgIpc) is 2.04. The van der Waals surface area contributed by atoms with Crippen LogP contribution in [0.2, 0.25) is 0 Å². The largest absolute Gasteiger partial charge is 0.393 e. The summed E-state index contributed by atoms with van der Waals surface area (Å²) in [6.45, 7) is 2.13. The van der Waals surface area contributed by atoms with Gasteiger partial charge in [0.1, 0.15) is 0 Å². The van der Waals surface area contributed by atoms with Gasteiger partial charge in [0.05, 0.1) is 4.99 Å². The summed E-state index contributed by atoms with van der Waals surface area (Å²) in [6, 6.07) is 5.94. The number of pyridine rings is 1. The summed E-state index contributed by atoms with van der Waals surface area (Å²) in [5.41, 5.74) is 6.56. The number of nitrogens with zero attached hydrogens (tertiary/aromatic N) is 1. The van der Waals surface area contributed by atoms with E-state index in [4.69, 9.17) is 18.0 Å². The fraction of sp³-hybridized carbons (Fsp3) is 0.400. The highest BCUT2D eigenvalue weighted by Crippen LogP contribution is 2.09. The van der Waals surface area contributed by atoms with Gasteiger partial charge in [0, 0.05) is 18.3 Å². The molecule has 2 N–H and O–H groups in total. The second kappa shape index (κ2) is 4.92. The predicted octanol–water partition coefficient (Wildman–Crippen LogP) is 1.94. The summed E-state index contributed by atoms with van der Waals surface area (Å²) in [4.78, 5) is 4.83. The van der Waals surface area contributed by atoms with Crippen molar-refractivity contribution in [1.82, 2.24) is 4.98 Å². The van der Waals surface area contributed by atoms with Crippen LogP contribution in [0.25, 0.3) is 0 Å². The summed E-state index contributed by atoms with van der Waals surface area (Å²) in [7, 11) is 0. The zero-order chi connectivity index (χ0) is 9.68. The maximum Gasteiger partial charge on any atom is 0.0730 e. The van der Waals surface area contributed by atoms with Gasteiger partial charge in [-0.15, -0.1) is 0 Å². The molecule has 0 saturated carbocycles. The molecule has 1 unspecified atom stereocenters. The normalized spacial score (nSPS) is 12.4. The van der Waals surface area contributed by atoms with Crippen LogP contribution in [-0.4, -0.2) is 9.97 Å². The van der Waals surface area contributed by atoms with E-state index in [1.807, 2.05) is 24.4 Å². The van der Waals surface area contributed by atoms with Gasteiger partial charge in [-0.2, -0.15) is 0 Å². The molecule has 0 radical (unpaired) electrons. The van der Waals surface area contributed by atoms with Crippen LogP contribution in [-0.2, 0) is 6.42 Å². The van der Waals surface area contributed by atoms with Gasteiger partial charge in [-0.1, -0.05) is 25.2 Å². The summed E-state index contributed by atoms with van der Waals surface area (Å²) < 4.78 is 0. The molecule has 70 valence electrons. The Bertz CT molecular complexity index is 272. The zero-order valence-corrected chi connectivity index (χ0v) is 8.55. The molecule has 0 spiro atoms. The molecule has 0 aromatic carbocycles. The van der Waals surface area contributed by atoms with Crippen LogP contribution in [0.1, 0.15) is 19.0 Å². The predicted molar refractivity (Wildman–Crippen MR) is 58.5 cm³/mol. The third-order valence-electron chi connectivity index (χ3n) is 1.83. The Hall–Kier alpha value is -0.960. The van der Waals surface area contributed by atoms with Gasteiger partial charge in [0.25, 0.3) is 0 Å². The first kappa shape index (κ1) is 10.1. The van der Waals surface area contributed by atoms with E-state index in [1.165, 1.54) is 0 Å². The fourth-order valence-corrected chi connectivity index (χ4v) is 1.58. The molecule has 1 atom stereocenters. The quantitative estimate of drug-likeness (QED) is 0.744. The third kappa shape index (κ3) is 3.99. The van der Waals surface area contributed by atoms with Gasteiger partial charge >= 0.3 is 0 Å². The van der Waals surface area contributed by atoms with Crippen LogP contribution in [0.4, 0.5) is 0 Å². The maximum atomic E-state index is 5.46. The van der Waals surface area contributed by atoms with Crippen molar-refractivity contribution in [2.24, 2.45) is 11.7 Å². The minimum Gasteiger partial charge on any atom is -0.393 e. The summed E-state index contributed by atoms with van der Waals surface area (Å²) in [5.74, 6) is 0.479. The van der Waals surface area contributed by atoms with Gasteiger partial charge in [-0.3, -0.25) is 4.98 Å². The number of thiocarbonyl (C=S) groups is 1. The summed E-state index contributed by atoms with van der Waals surface area (Å²) >= 11 is 4.85. The Morgan fingerprint density at radius 1 is 1.62 bits per heavy atom. The van der Waals surface area contributed by atoms with Crippen LogP contribution in [0.15, 0.2) is 24.4 Å². The minimum atomic E-state index is 0.479. The first-order valence-corrected chi connectivity index (χ1v) is 4.77. The lowest BCUT2D eigenvalue weighted by Gasteiger charge is -2.08. The molecule has 2 nitrogen and oxygen atoms in total. The van der Waals surface area contributed by atoms with Gasteiger partial charge in [-0.25, -0.2) is 0 Å². The molecular formula is C10H14N2S. The molecule has 0 amide bonds. The number of nitrogens with two attached hydrogens (primary N) is 1. The molecule has 0 saturated heterocycles. The molecule has 0 aliphatic heterocycles. The lowest BCUT2D eigenvalue weighted by atomic mass is 10.0. The maximum absolute atomic E-state index is 5.46. The molecule has 0 aliphatic carbocycles. The van der Waals surface area contributed by atoms with Gasteiger partial charge in [0.15, 0.2) is 0 Å². The molecule has 0 aliphatic rings. The fourth-order valence-electron chi connectivity index (χ4n) is 1.29. The highest BCUT2D eigenvalue weighted by Gasteiger charge is 2.05. The number of hydrogen-bond acceptors (Lipinski definition) is 2. The van der Waals surface area contributed by atoms with E-state index in [9.17, 15) is 0 Å². The van der Waals surface area contributed by atoms with Gasteiger partial charge in [0.2, 0.25) is 0 Å². The van der Waals surface area contributed by atoms with Crippen LogP contribution in [0, 0.1) is 5.92 Å². The smallest absolute Gasteiger partial charge is 0.0730 e. The SMILES string of the molecule is CC(CC(N)=S)Cc1ccccn1. The Morgan fingerprint density at radius 2 is 2.38 bits per heavy atom. The zero-order valence-electron chi connectivity index (χ0n) is 7.73. The van der Waals surface area contributed by atoms with Crippen LogP contribution in [0.3, 0.4) is 0 Å². The first-order chi connectivity index (χ1) is 6.18. The van der Waals surface area contributed by atoms with E-state index in [0.717, 1.165) is 18.5 Å². The first-order valence-electron chi connectivity index (χ1n) is 4.36. The highest BCUT2D eigenvalue weighted by molar-refractivity contribution is 7.80. The van der Waals surface area contributed by atoms with Crippen molar-refractivity contribution in [3.63, 3.8) is 0 Å². The standard InChI is InChI=1S/C10H14N2S/c1-8(7-10(11)13)6-9-4-2-3-5-12-9/h2-5,8H,6-7H2,1H3,(H2,11,13). The molecule has 1 rings (SSSR count). The van der Waals surface area contributed by atoms with Crippen molar-refractivity contribution in [1.29, 1.82) is 0 Å². The number of hydrogen-bond donors (Lipinski definition) is 1. The molecule has 1 aromatic heterocycles. The van der Waals surface area contributed by atoms with E-state index < -0.39 is 0 Å². The van der Waals surface area contributed by atoms with E-state index in [0.29, 0.717) is 10.9 Å². The van der Waals surface area contributed by atoms with Crippen LogP contribution >= 0.6 is 12.2 Å². The van der Waals surface area contributed by atoms with Crippen molar-refractivity contribution in [2.75, 3.05) is 0 Å². The molecular weight excluding hydrogens is 180 g/mol. The summed E-state index contributed by atoms with van der Waals surface area (Å²) in [6.07, 6.45) is 3.55. The topological polar surface area (TPSA) is 38.9 Å². The lowest BCUT2D eigenvalue weighted by molar-refractivity contribution is 0.597. The molecule has 0 fully saturated rings. The Morgan fingerprint density at radius 3 is 2.92 bits per heavy atom. The Kier molecular flexibility index (Phi) is 3.83. The second-order valence-corrected chi connectivity index (χ2v) is 3.83. The molecule has 1 heterocycles.